The van der Waals surface area contributed by atoms with Crippen molar-refractivity contribution in [3.63, 3.8) is 0 Å². The van der Waals surface area contributed by atoms with E-state index in [4.69, 9.17) is 16.7 Å². The van der Waals surface area contributed by atoms with E-state index in [0.717, 1.165) is 29.9 Å². The van der Waals surface area contributed by atoms with Crippen LogP contribution in [0.5, 0.6) is 0 Å². The molecule has 33 heavy (non-hydrogen) atoms. The summed E-state index contributed by atoms with van der Waals surface area (Å²) in [4.78, 5) is 21.9. The number of pyridine rings is 1. The van der Waals surface area contributed by atoms with Crippen LogP contribution in [0.15, 0.2) is 85.3 Å². The highest BCUT2D eigenvalue weighted by molar-refractivity contribution is 6.30. The van der Waals surface area contributed by atoms with E-state index in [1.165, 1.54) is 0 Å². The fourth-order valence-electron chi connectivity index (χ4n) is 4.14. The van der Waals surface area contributed by atoms with Crippen LogP contribution in [0.1, 0.15) is 15.9 Å². The van der Waals surface area contributed by atoms with E-state index in [9.17, 15) is 4.79 Å². The van der Waals surface area contributed by atoms with Crippen molar-refractivity contribution in [1.82, 2.24) is 19.7 Å². The van der Waals surface area contributed by atoms with Gasteiger partial charge in [0, 0.05) is 61.0 Å². The van der Waals surface area contributed by atoms with Gasteiger partial charge in [-0.2, -0.15) is 5.10 Å². The van der Waals surface area contributed by atoms with Crippen LogP contribution in [0, 0.1) is 0 Å². The van der Waals surface area contributed by atoms with Gasteiger partial charge in [-0.05, 0) is 29.8 Å². The van der Waals surface area contributed by atoms with Gasteiger partial charge in [0.25, 0.3) is 5.91 Å². The highest BCUT2D eigenvalue weighted by Gasteiger charge is 2.26. The third kappa shape index (κ3) is 4.76. The molecule has 1 aliphatic rings. The maximum absolute atomic E-state index is 13.6. The summed E-state index contributed by atoms with van der Waals surface area (Å²) < 4.78 is 1.85. The summed E-state index contributed by atoms with van der Waals surface area (Å²) in [6.07, 6.45) is 5.47. The Bertz CT molecular complexity index is 1220. The number of carbonyl (C=O) groups is 1. The Kier molecular flexibility index (Phi) is 6.09. The molecule has 6 nitrogen and oxygen atoms in total. The van der Waals surface area contributed by atoms with Gasteiger partial charge in [0.15, 0.2) is 0 Å². The number of halogens is 1. The Morgan fingerprint density at radius 1 is 0.879 bits per heavy atom. The Labute approximate surface area is 198 Å². The first-order valence-corrected chi connectivity index (χ1v) is 11.4. The summed E-state index contributed by atoms with van der Waals surface area (Å²) in [7, 11) is 0. The van der Waals surface area contributed by atoms with Crippen LogP contribution in [0.4, 0.5) is 5.69 Å². The van der Waals surface area contributed by atoms with Gasteiger partial charge in [-0.25, -0.2) is 0 Å². The average molecular weight is 458 g/mol. The largest absolute Gasteiger partial charge is 0.368 e. The standard InChI is InChI=1S/C26H24ClN5O/c27-22-8-6-21(7-9-22)25-24(19-32(29-25)18-20-4-2-1-3-5-20)26(33)31-16-14-30(15-17-31)23-10-12-28-13-11-23/h1-13,19H,14-18H2. The molecule has 4 aromatic rings. The first kappa shape index (κ1) is 21.2. The molecule has 0 unspecified atom stereocenters. The molecule has 7 heteroatoms. The van der Waals surface area contributed by atoms with E-state index in [2.05, 4.69) is 22.0 Å². The van der Waals surface area contributed by atoms with Crippen molar-refractivity contribution >= 4 is 23.2 Å². The Morgan fingerprint density at radius 2 is 1.58 bits per heavy atom. The Hall–Kier alpha value is -3.64. The lowest BCUT2D eigenvalue weighted by Crippen LogP contribution is -2.48. The lowest BCUT2D eigenvalue weighted by atomic mass is 10.1. The fourth-order valence-corrected chi connectivity index (χ4v) is 4.27. The molecule has 0 N–H and O–H groups in total. The topological polar surface area (TPSA) is 54.3 Å². The van der Waals surface area contributed by atoms with Gasteiger partial charge in [-0.15, -0.1) is 0 Å². The predicted octanol–water partition coefficient (Wildman–Crippen LogP) is 4.61. The van der Waals surface area contributed by atoms with E-state index in [-0.39, 0.29) is 5.91 Å². The van der Waals surface area contributed by atoms with Crippen molar-refractivity contribution in [3.8, 4) is 11.3 Å². The number of anilines is 1. The van der Waals surface area contributed by atoms with Crippen molar-refractivity contribution in [1.29, 1.82) is 0 Å². The van der Waals surface area contributed by atoms with Gasteiger partial charge >= 0.3 is 0 Å². The minimum atomic E-state index is 0.00800. The van der Waals surface area contributed by atoms with Gasteiger partial charge in [-0.1, -0.05) is 54.1 Å². The minimum absolute atomic E-state index is 0.00800. The lowest BCUT2D eigenvalue weighted by molar-refractivity contribution is 0.0747. The summed E-state index contributed by atoms with van der Waals surface area (Å²) >= 11 is 6.09. The second-order valence-corrected chi connectivity index (χ2v) is 8.50. The number of carbonyl (C=O) groups excluding carboxylic acids is 1. The monoisotopic (exact) mass is 457 g/mol. The minimum Gasteiger partial charge on any atom is -0.368 e. The third-order valence-corrected chi connectivity index (χ3v) is 6.14. The molecule has 0 aliphatic carbocycles. The van der Waals surface area contributed by atoms with E-state index < -0.39 is 0 Å². The Morgan fingerprint density at radius 3 is 2.27 bits per heavy atom. The Balaban J connectivity index is 1.40. The second kappa shape index (κ2) is 9.46. The molecular formula is C26H24ClN5O. The molecule has 166 valence electrons. The molecule has 1 saturated heterocycles. The first-order valence-electron chi connectivity index (χ1n) is 11.0. The number of piperazine rings is 1. The molecule has 0 bridgehead atoms. The molecule has 5 rings (SSSR count). The summed E-state index contributed by atoms with van der Waals surface area (Å²) in [5.41, 5.74) is 4.45. The number of hydrogen-bond donors (Lipinski definition) is 0. The number of hydrogen-bond acceptors (Lipinski definition) is 4. The van der Waals surface area contributed by atoms with Crippen LogP contribution in [0.25, 0.3) is 11.3 Å². The summed E-state index contributed by atoms with van der Waals surface area (Å²) in [5, 5.41) is 5.45. The molecule has 0 spiro atoms. The van der Waals surface area contributed by atoms with E-state index in [0.29, 0.717) is 35.9 Å². The zero-order valence-electron chi connectivity index (χ0n) is 18.1. The highest BCUT2D eigenvalue weighted by Crippen LogP contribution is 2.26. The van der Waals surface area contributed by atoms with Crippen LogP contribution in [0.3, 0.4) is 0 Å². The number of rotatable bonds is 5. The van der Waals surface area contributed by atoms with Crippen LogP contribution in [-0.2, 0) is 6.54 Å². The smallest absolute Gasteiger partial charge is 0.257 e. The molecular weight excluding hydrogens is 434 g/mol. The van der Waals surface area contributed by atoms with Crippen LogP contribution >= 0.6 is 11.6 Å². The van der Waals surface area contributed by atoms with Crippen molar-refractivity contribution in [3.05, 3.63) is 101 Å². The van der Waals surface area contributed by atoms with Gasteiger partial charge in [0.1, 0.15) is 5.69 Å². The normalized spacial score (nSPS) is 13.8. The molecule has 3 heterocycles. The SMILES string of the molecule is O=C(c1cn(Cc2ccccc2)nc1-c1ccc(Cl)cc1)N1CCN(c2ccncc2)CC1. The molecule has 0 atom stereocenters. The summed E-state index contributed by atoms with van der Waals surface area (Å²) in [6.45, 7) is 3.48. The number of benzene rings is 2. The molecule has 1 aliphatic heterocycles. The number of aromatic nitrogens is 3. The van der Waals surface area contributed by atoms with Crippen LogP contribution < -0.4 is 4.90 Å². The molecule has 2 aromatic heterocycles. The summed E-state index contributed by atoms with van der Waals surface area (Å²) in [5.74, 6) is 0.00800. The van der Waals surface area contributed by atoms with Gasteiger partial charge in [0.05, 0.1) is 12.1 Å². The van der Waals surface area contributed by atoms with Crippen molar-refractivity contribution in [2.45, 2.75) is 6.54 Å². The molecule has 0 radical (unpaired) electrons. The van der Waals surface area contributed by atoms with Crippen molar-refractivity contribution in [2.75, 3.05) is 31.1 Å². The maximum Gasteiger partial charge on any atom is 0.257 e. The van der Waals surface area contributed by atoms with Crippen molar-refractivity contribution < 1.29 is 4.79 Å². The van der Waals surface area contributed by atoms with E-state index >= 15 is 0 Å². The van der Waals surface area contributed by atoms with Gasteiger partial charge < -0.3 is 9.80 Å². The summed E-state index contributed by atoms with van der Waals surface area (Å²) in [6, 6.07) is 21.6. The van der Waals surface area contributed by atoms with Gasteiger partial charge in [0.2, 0.25) is 0 Å². The van der Waals surface area contributed by atoms with Crippen molar-refractivity contribution in [2.24, 2.45) is 0 Å². The fraction of sp³-hybridized carbons (Fsp3) is 0.192. The molecule has 2 aromatic carbocycles. The third-order valence-electron chi connectivity index (χ3n) is 5.89. The lowest BCUT2D eigenvalue weighted by Gasteiger charge is -2.36. The van der Waals surface area contributed by atoms with Crippen LogP contribution in [-0.4, -0.2) is 51.8 Å². The number of nitrogens with zero attached hydrogens (tertiary/aromatic N) is 5. The molecule has 1 fully saturated rings. The molecule has 0 saturated carbocycles. The van der Waals surface area contributed by atoms with E-state index in [1.54, 1.807) is 12.4 Å². The van der Waals surface area contributed by atoms with Crippen LogP contribution in [0.2, 0.25) is 5.02 Å². The molecule has 1 amide bonds. The number of amides is 1. The van der Waals surface area contributed by atoms with Gasteiger partial charge in [-0.3, -0.25) is 14.5 Å². The zero-order chi connectivity index (χ0) is 22.6. The first-order chi connectivity index (χ1) is 16.2. The highest BCUT2D eigenvalue weighted by atomic mass is 35.5. The second-order valence-electron chi connectivity index (χ2n) is 8.07. The average Bonchev–Trinajstić information content (AvgIpc) is 3.29. The predicted molar refractivity (Wildman–Crippen MR) is 131 cm³/mol. The zero-order valence-corrected chi connectivity index (χ0v) is 18.9. The quantitative estimate of drug-likeness (QED) is 0.439. The maximum atomic E-state index is 13.6. The van der Waals surface area contributed by atoms with E-state index in [1.807, 2.05) is 70.4 Å².